The Bertz CT molecular complexity index is 1450. The normalized spacial score (nSPS) is 13.2. The SMILES string of the molecule is CCOc1ccc(-c2nnc(SCC(=O)Nc3ccc(N4CCN(C(=O)c5ccccc5Br)CC4)cc3)o2)cc1. The van der Waals surface area contributed by atoms with Crippen molar-refractivity contribution >= 4 is 50.9 Å². The lowest BCUT2D eigenvalue weighted by Gasteiger charge is -2.36. The van der Waals surface area contributed by atoms with Crippen LogP contribution in [0.15, 0.2) is 86.9 Å². The molecule has 0 aliphatic carbocycles. The van der Waals surface area contributed by atoms with E-state index in [1.165, 1.54) is 11.8 Å². The van der Waals surface area contributed by atoms with Crippen molar-refractivity contribution in [3.63, 3.8) is 0 Å². The second-order valence-electron chi connectivity index (χ2n) is 8.97. The predicted octanol–water partition coefficient (Wildman–Crippen LogP) is 5.59. The Labute approximate surface area is 245 Å². The molecule has 1 N–H and O–H groups in total. The Hall–Kier alpha value is -3.83. The Morgan fingerprint density at radius 1 is 0.975 bits per heavy atom. The van der Waals surface area contributed by atoms with E-state index >= 15 is 0 Å². The fraction of sp³-hybridized carbons (Fsp3) is 0.241. The zero-order valence-corrected chi connectivity index (χ0v) is 24.3. The first-order valence-electron chi connectivity index (χ1n) is 12.9. The molecule has 1 aliphatic rings. The summed E-state index contributed by atoms with van der Waals surface area (Å²) in [6.45, 7) is 5.29. The number of carbonyl (C=O) groups excluding carboxylic acids is 2. The summed E-state index contributed by atoms with van der Waals surface area (Å²) in [6.07, 6.45) is 0. The minimum Gasteiger partial charge on any atom is -0.494 e. The molecule has 40 heavy (non-hydrogen) atoms. The summed E-state index contributed by atoms with van der Waals surface area (Å²) < 4.78 is 12.0. The monoisotopic (exact) mass is 621 g/mol. The Morgan fingerprint density at radius 2 is 1.70 bits per heavy atom. The van der Waals surface area contributed by atoms with Crippen molar-refractivity contribution in [3.8, 4) is 17.2 Å². The van der Waals surface area contributed by atoms with Crippen LogP contribution >= 0.6 is 27.7 Å². The maximum Gasteiger partial charge on any atom is 0.277 e. The molecule has 0 radical (unpaired) electrons. The number of thioether (sulfide) groups is 1. The van der Waals surface area contributed by atoms with Gasteiger partial charge >= 0.3 is 0 Å². The smallest absolute Gasteiger partial charge is 0.277 e. The molecule has 1 saturated heterocycles. The van der Waals surface area contributed by atoms with Gasteiger partial charge in [0.2, 0.25) is 11.8 Å². The first-order chi connectivity index (χ1) is 19.5. The highest BCUT2D eigenvalue weighted by atomic mass is 79.9. The summed E-state index contributed by atoms with van der Waals surface area (Å²) in [4.78, 5) is 29.5. The van der Waals surface area contributed by atoms with Gasteiger partial charge in [-0.05, 0) is 83.5 Å². The molecule has 0 atom stereocenters. The number of halogens is 1. The highest BCUT2D eigenvalue weighted by Gasteiger charge is 2.23. The topological polar surface area (TPSA) is 101 Å². The molecule has 1 aliphatic heterocycles. The molecule has 2 heterocycles. The van der Waals surface area contributed by atoms with Gasteiger partial charge in [-0.2, -0.15) is 0 Å². The minimum atomic E-state index is -0.169. The van der Waals surface area contributed by atoms with Gasteiger partial charge in [-0.15, -0.1) is 10.2 Å². The number of nitrogens with one attached hydrogen (secondary N) is 1. The van der Waals surface area contributed by atoms with Crippen molar-refractivity contribution in [1.29, 1.82) is 0 Å². The van der Waals surface area contributed by atoms with Crippen LogP contribution in [0, 0.1) is 0 Å². The summed E-state index contributed by atoms with van der Waals surface area (Å²) in [7, 11) is 0. The number of rotatable bonds is 9. The van der Waals surface area contributed by atoms with Gasteiger partial charge in [-0.25, -0.2) is 0 Å². The third kappa shape index (κ3) is 6.83. The number of nitrogens with zero attached hydrogens (tertiary/aromatic N) is 4. The molecule has 11 heteroatoms. The zero-order valence-electron chi connectivity index (χ0n) is 21.9. The van der Waals surface area contributed by atoms with Gasteiger partial charge in [0.15, 0.2) is 0 Å². The molecular formula is C29H28BrN5O4S. The second-order valence-corrected chi connectivity index (χ2v) is 10.8. The van der Waals surface area contributed by atoms with E-state index in [-0.39, 0.29) is 17.6 Å². The van der Waals surface area contributed by atoms with Crippen molar-refractivity contribution in [2.24, 2.45) is 0 Å². The van der Waals surface area contributed by atoms with Crippen LogP contribution in [0.5, 0.6) is 5.75 Å². The van der Waals surface area contributed by atoms with Gasteiger partial charge < -0.3 is 24.3 Å². The molecule has 1 aromatic heterocycles. The molecule has 5 rings (SSSR count). The molecule has 9 nitrogen and oxygen atoms in total. The number of hydrogen-bond acceptors (Lipinski definition) is 8. The first kappa shape index (κ1) is 27.7. The van der Waals surface area contributed by atoms with E-state index in [4.69, 9.17) is 9.15 Å². The molecular weight excluding hydrogens is 594 g/mol. The average Bonchev–Trinajstić information content (AvgIpc) is 3.46. The average molecular weight is 623 g/mol. The molecule has 0 spiro atoms. The number of piperazine rings is 1. The van der Waals surface area contributed by atoms with Crippen molar-refractivity contribution in [2.75, 3.05) is 48.8 Å². The quantitative estimate of drug-likeness (QED) is 0.241. The van der Waals surface area contributed by atoms with Gasteiger partial charge in [-0.3, -0.25) is 9.59 Å². The van der Waals surface area contributed by atoms with E-state index in [2.05, 4.69) is 36.3 Å². The van der Waals surface area contributed by atoms with E-state index in [0.717, 1.165) is 34.6 Å². The summed E-state index contributed by atoms with van der Waals surface area (Å²) in [5, 5.41) is 11.3. The maximum atomic E-state index is 12.9. The van der Waals surface area contributed by atoms with E-state index in [1.807, 2.05) is 84.6 Å². The van der Waals surface area contributed by atoms with Crippen LogP contribution in [0.1, 0.15) is 17.3 Å². The van der Waals surface area contributed by atoms with Crippen LogP contribution in [-0.2, 0) is 4.79 Å². The summed E-state index contributed by atoms with van der Waals surface area (Å²) in [6, 6.07) is 22.6. The Balaban J connectivity index is 1.08. The number of amides is 2. The third-order valence-electron chi connectivity index (χ3n) is 6.33. The first-order valence-corrected chi connectivity index (χ1v) is 14.7. The van der Waals surface area contributed by atoms with Crippen molar-refractivity contribution < 1.29 is 18.7 Å². The fourth-order valence-electron chi connectivity index (χ4n) is 4.30. The number of carbonyl (C=O) groups is 2. The number of hydrogen-bond donors (Lipinski definition) is 1. The molecule has 0 saturated carbocycles. The van der Waals surface area contributed by atoms with Gasteiger partial charge in [0.1, 0.15) is 5.75 Å². The van der Waals surface area contributed by atoms with E-state index in [0.29, 0.717) is 42.1 Å². The highest BCUT2D eigenvalue weighted by Crippen LogP contribution is 2.26. The molecule has 2 amide bonds. The molecule has 0 bridgehead atoms. The Morgan fingerprint density at radius 3 is 2.40 bits per heavy atom. The van der Waals surface area contributed by atoms with Crippen LogP contribution in [0.3, 0.4) is 0 Å². The van der Waals surface area contributed by atoms with Gasteiger partial charge in [-0.1, -0.05) is 23.9 Å². The molecule has 0 unspecified atom stereocenters. The van der Waals surface area contributed by atoms with Gasteiger partial charge in [0, 0.05) is 47.6 Å². The maximum absolute atomic E-state index is 12.9. The number of ether oxygens (including phenoxy) is 1. The van der Waals surface area contributed by atoms with Crippen molar-refractivity contribution in [3.05, 3.63) is 82.8 Å². The van der Waals surface area contributed by atoms with E-state index in [1.54, 1.807) is 0 Å². The zero-order chi connectivity index (χ0) is 27.9. The predicted molar refractivity (Wildman–Crippen MR) is 159 cm³/mol. The van der Waals surface area contributed by atoms with Crippen LogP contribution in [-0.4, -0.2) is 65.5 Å². The number of benzene rings is 3. The second kappa shape index (κ2) is 13.0. The van der Waals surface area contributed by atoms with Crippen molar-refractivity contribution in [1.82, 2.24) is 15.1 Å². The van der Waals surface area contributed by atoms with Gasteiger partial charge in [0.25, 0.3) is 11.1 Å². The van der Waals surface area contributed by atoms with E-state index in [9.17, 15) is 9.59 Å². The van der Waals surface area contributed by atoms with Crippen LogP contribution < -0.4 is 15.0 Å². The van der Waals surface area contributed by atoms with Gasteiger partial charge in [0.05, 0.1) is 17.9 Å². The molecule has 1 fully saturated rings. The molecule has 3 aromatic carbocycles. The standard InChI is InChI=1S/C29H28BrN5O4S/c1-2-38-23-13-7-20(8-14-23)27-32-33-29(39-27)40-19-26(36)31-21-9-11-22(12-10-21)34-15-17-35(18-16-34)28(37)24-5-3-4-6-25(24)30/h3-14H,2,15-19H2,1H3,(H,31,36). The minimum absolute atomic E-state index is 0.0379. The van der Waals surface area contributed by atoms with Crippen LogP contribution in [0.2, 0.25) is 0 Å². The van der Waals surface area contributed by atoms with Crippen LogP contribution in [0.4, 0.5) is 11.4 Å². The fourth-order valence-corrected chi connectivity index (χ4v) is 5.32. The lowest BCUT2D eigenvalue weighted by molar-refractivity contribution is -0.113. The highest BCUT2D eigenvalue weighted by molar-refractivity contribution is 9.10. The summed E-state index contributed by atoms with van der Waals surface area (Å²) in [5.41, 5.74) is 3.22. The molecule has 4 aromatic rings. The summed E-state index contributed by atoms with van der Waals surface area (Å²) in [5.74, 6) is 1.17. The van der Waals surface area contributed by atoms with E-state index < -0.39 is 0 Å². The third-order valence-corrected chi connectivity index (χ3v) is 7.84. The lowest BCUT2D eigenvalue weighted by Crippen LogP contribution is -2.48. The number of aromatic nitrogens is 2. The largest absolute Gasteiger partial charge is 0.494 e. The molecule has 206 valence electrons. The van der Waals surface area contributed by atoms with Crippen LogP contribution in [0.25, 0.3) is 11.5 Å². The van der Waals surface area contributed by atoms with Crippen molar-refractivity contribution in [2.45, 2.75) is 12.1 Å². The Kier molecular flexibility index (Phi) is 9.02. The number of anilines is 2. The lowest BCUT2D eigenvalue weighted by atomic mass is 10.1. The summed E-state index contributed by atoms with van der Waals surface area (Å²) >= 11 is 4.65.